The fraction of sp³-hybridized carbons (Fsp3) is 1.00. The predicted octanol–water partition coefficient (Wildman–Crippen LogP) is 2.88. The van der Waals surface area contributed by atoms with E-state index >= 15 is 0 Å². The molecule has 0 radical (unpaired) electrons. The van der Waals surface area contributed by atoms with Crippen molar-refractivity contribution in [2.75, 3.05) is 33.0 Å². The molecule has 0 saturated heterocycles. The maximum atomic E-state index is 13.0. The van der Waals surface area contributed by atoms with Crippen LogP contribution < -0.4 is 5.73 Å². The van der Waals surface area contributed by atoms with Gasteiger partial charge in [0.2, 0.25) is 0 Å². The quantitative estimate of drug-likeness (QED) is 0.494. The Morgan fingerprint density at radius 3 is 1.86 bits per heavy atom. The van der Waals surface area contributed by atoms with E-state index in [1.54, 1.807) is 27.7 Å². The summed E-state index contributed by atoms with van der Waals surface area (Å²) in [6.07, 6.45) is 0.945. The van der Waals surface area contributed by atoms with Crippen molar-refractivity contribution in [3.05, 3.63) is 0 Å². The standard InChI is InChI=1S/C12H31NO6P2/c1-5-16-20(14,17-6-2)12(10-9-11-13)21(15,18-7-3)19-8-4/h12,14,20H,5-11,13H2,1-4H3. The van der Waals surface area contributed by atoms with Crippen LogP contribution in [0.5, 0.6) is 0 Å². The molecular weight excluding hydrogens is 316 g/mol. The van der Waals surface area contributed by atoms with Crippen molar-refractivity contribution < 1.29 is 27.6 Å². The molecule has 0 aromatic carbocycles. The summed E-state index contributed by atoms with van der Waals surface area (Å²) in [5.41, 5.74) is 5.54. The Morgan fingerprint density at radius 1 is 1.05 bits per heavy atom. The van der Waals surface area contributed by atoms with Gasteiger partial charge in [-0.15, -0.1) is 0 Å². The molecule has 1 atom stereocenters. The molecule has 0 saturated carbocycles. The summed E-state index contributed by atoms with van der Waals surface area (Å²) in [6.45, 7) is 8.35. The van der Waals surface area contributed by atoms with Crippen molar-refractivity contribution >= 4 is 15.5 Å². The van der Waals surface area contributed by atoms with Crippen LogP contribution in [0.2, 0.25) is 0 Å². The third-order valence-corrected chi connectivity index (χ3v) is 9.53. The van der Waals surface area contributed by atoms with Crippen LogP contribution in [0.15, 0.2) is 0 Å². The summed E-state index contributed by atoms with van der Waals surface area (Å²) in [6, 6.07) is 0. The van der Waals surface area contributed by atoms with Gasteiger partial charge in [-0.3, -0.25) is 0 Å². The van der Waals surface area contributed by atoms with Crippen LogP contribution in [0.4, 0.5) is 0 Å². The van der Waals surface area contributed by atoms with Gasteiger partial charge in [-0.25, -0.2) is 0 Å². The number of hydrogen-bond donors (Lipinski definition) is 2. The van der Waals surface area contributed by atoms with E-state index in [2.05, 4.69) is 0 Å². The van der Waals surface area contributed by atoms with Crippen molar-refractivity contribution in [2.45, 2.75) is 45.9 Å². The summed E-state index contributed by atoms with van der Waals surface area (Å²) in [7, 11) is -7.23. The first-order valence-electron chi connectivity index (χ1n) is 7.53. The fourth-order valence-electron chi connectivity index (χ4n) is 2.08. The Balaban J connectivity index is 5.50. The molecule has 3 N–H and O–H groups in total. The monoisotopic (exact) mass is 347 g/mol. The van der Waals surface area contributed by atoms with E-state index in [-0.39, 0.29) is 26.4 Å². The van der Waals surface area contributed by atoms with E-state index in [1.165, 1.54) is 0 Å². The van der Waals surface area contributed by atoms with Crippen LogP contribution in [-0.4, -0.2) is 43.3 Å². The summed E-state index contributed by atoms with van der Waals surface area (Å²) in [4.78, 5) is 10.8. The van der Waals surface area contributed by atoms with Crippen LogP contribution in [0.25, 0.3) is 0 Å². The van der Waals surface area contributed by atoms with Gasteiger partial charge in [-0.05, 0) is 0 Å². The minimum absolute atomic E-state index is 0.221. The molecule has 0 bridgehead atoms. The van der Waals surface area contributed by atoms with Gasteiger partial charge in [0.25, 0.3) is 0 Å². The van der Waals surface area contributed by atoms with E-state index in [9.17, 15) is 9.46 Å². The first-order chi connectivity index (χ1) is 9.94. The molecule has 7 nitrogen and oxygen atoms in total. The Bertz CT molecular complexity index is 302. The zero-order valence-corrected chi connectivity index (χ0v) is 15.4. The van der Waals surface area contributed by atoms with Gasteiger partial charge >= 0.3 is 128 Å². The minimum atomic E-state index is -3.69. The Morgan fingerprint density at radius 2 is 1.52 bits per heavy atom. The Labute approximate surface area is 128 Å². The van der Waals surface area contributed by atoms with Gasteiger partial charge in [0, 0.05) is 0 Å². The topological polar surface area (TPSA) is 100 Å². The summed E-state index contributed by atoms with van der Waals surface area (Å²) in [5, 5.41) is -0.812. The second-order valence-electron chi connectivity index (χ2n) is 4.32. The summed E-state index contributed by atoms with van der Waals surface area (Å²) in [5.74, 6) is 0. The fourth-order valence-corrected chi connectivity index (χ4v) is 8.09. The van der Waals surface area contributed by atoms with Crippen LogP contribution in [0.1, 0.15) is 40.5 Å². The van der Waals surface area contributed by atoms with Crippen molar-refractivity contribution in [1.29, 1.82) is 0 Å². The molecule has 0 amide bonds. The zero-order valence-electron chi connectivity index (χ0n) is 13.5. The second-order valence-corrected chi connectivity index (χ2v) is 9.56. The SMILES string of the molecule is CCOP(=O)(OCC)C(CCCN)[PH](O)(OCC)OCC. The van der Waals surface area contributed by atoms with Crippen molar-refractivity contribution in [2.24, 2.45) is 5.73 Å². The molecular formula is C12H31NO6P2. The molecule has 0 rings (SSSR count). The Hall–Kier alpha value is 0.420. The molecule has 0 aliphatic carbocycles. The average molecular weight is 347 g/mol. The Kier molecular flexibility index (Phi) is 11.3. The molecule has 21 heavy (non-hydrogen) atoms. The predicted molar refractivity (Wildman–Crippen MR) is 86.7 cm³/mol. The number of hydrogen-bond acceptors (Lipinski definition) is 7. The molecule has 1 unspecified atom stereocenters. The van der Waals surface area contributed by atoms with E-state index in [4.69, 9.17) is 23.8 Å². The molecule has 0 heterocycles. The van der Waals surface area contributed by atoms with Gasteiger partial charge in [-0.1, -0.05) is 0 Å². The van der Waals surface area contributed by atoms with Gasteiger partial charge in [0.05, 0.1) is 0 Å². The third kappa shape index (κ3) is 6.59. The molecule has 0 aromatic rings. The molecule has 0 aliphatic rings. The average Bonchev–Trinajstić information content (AvgIpc) is 2.40. The van der Waals surface area contributed by atoms with Gasteiger partial charge in [0.1, 0.15) is 0 Å². The molecule has 0 fully saturated rings. The zero-order chi connectivity index (χ0) is 16.4. The van der Waals surface area contributed by atoms with E-state index in [0.29, 0.717) is 19.4 Å². The first-order valence-corrected chi connectivity index (χ1v) is 11.0. The van der Waals surface area contributed by atoms with E-state index < -0.39 is 20.9 Å². The van der Waals surface area contributed by atoms with Crippen LogP contribution in [0.3, 0.4) is 0 Å². The number of rotatable bonds is 13. The summed E-state index contributed by atoms with van der Waals surface area (Å²) < 4.78 is 34.7. The molecule has 0 aromatic heterocycles. The van der Waals surface area contributed by atoms with E-state index in [0.717, 1.165) is 0 Å². The van der Waals surface area contributed by atoms with Gasteiger partial charge in [-0.2, -0.15) is 0 Å². The van der Waals surface area contributed by atoms with Crippen molar-refractivity contribution in [3.63, 3.8) is 0 Å². The van der Waals surface area contributed by atoms with E-state index in [1.807, 2.05) is 0 Å². The van der Waals surface area contributed by atoms with Crippen molar-refractivity contribution in [1.82, 2.24) is 0 Å². The van der Waals surface area contributed by atoms with Crippen LogP contribution in [0, 0.1) is 0 Å². The van der Waals surface area contributed by atoms with Gasteiger partial charge in [0.15, 0.2) is 0 Å². The van der Waals surface area contributed by atoms with Gasteiger partial charge < -0.3 is 0 Å². The summed E-state index contributed by atoms with van der Waals surface area (Å²) >= 11 is 0. The normalized spacial score (nSPS) is 15.1. The molecule has 130 valence electrons. The number of nitrogens with two attached hydrogens (primary N) is 1. The van der Waals surface area contributed by atoms with Crippen LogP contribution in [-0.2, 0) is 22.7 Å². The first kappa shape index (κ1) is 21.4. The third-order valence-electron chi connectivity index (χ3n) is 2.80. The molecule has 0 aliphatic heterocycles. The molecule has 0 spiro atoms. The maximum absolute atomic E-state index is 13.0. The second kappa shape index (κ2) is 11.0. The molecule has 9 heteroatoms. The van der Waals surface area contributed by atoms with Crippen LogP contribution >= 0.6 is 15.5 Å². The van der Waals surface area contributed by atoms with Crippen molar-refractivity contribution in [3.8, 4) is 0 Å².